The van der Waals surface area contributed by atoms with Crippen molar-refractivity contribution in [3.63, 3.8) is 0 Å². The molecule has 0 unspecified atom stereocenters. The lowest BCUT2D eigenvalue weighted by Crippen LogP contribution is -2.37. The van der Waals surface area contributed by atoms with Gasteiger partial charge in [-0.25, -0.2) is 21.9 Å². The minimum atomic E-state index is -4.19. The van der Waals surface area contributed by atoms with Gasteiger partial charge in [0.2, 0.25) is 10.0 Å². The maximum Gasteiger partial charge on any atom is 0.246 e. The molecule has 1 aliphatic carbocycles. The summed E-state index contributed by atoms with van der Waals surface area (Å²) in [4.78, 5) is -0.952. The zero-order valence-electron chi connectivity index (χ0n) is 10.3. The summed E-state index contributed by atoms with van der Waals surface area (Å²) in [5.74, 6) is -2.33. The normalized spacial score (nSPS) is 17.6. The zero-order valence-corrected chi connectivity index (χ0v) is 11.1. The predicted molar refractivity (Wildman–Crippen MR) is 68.0 cm³/mol. The van der Waals surface area contributed by atoms with Crippen LogP contribution in [0.2, 0.25) is 0 Å². The SMILES string of the molecule is Nc1cc(F)c(S(=O)(=O)NC2CCCCC2)c(F)c1. The van der Waals surface area contributed by atoms with E-state index in [0.717, 1.165) is 31.4 Å². The average Bonchev–Trinajstić information content (AvgIpc) is 2.27. The third kappa shape index (κ3) is 3.22. The number of nitrogens with two attached hydrogens (primary N) is 1. The smallest absolute Gasteiger partial charge is 0.246 e. The van der Waals surface area contributed by atoms with Gasteiger partial charge < -0.3 is 5.73 Å². The molecule has 3 N–H and O–H groups in total. The monoisotopic (exact) mass is 290 g/mol. The van der Waals surface area contributed by atoms with Gasteiger partial charge in [-0.3, -0.25) is 0 Å². The molecular weight excluding hydrogens is 274 g/mol. The van der Waals surface area contributed by atoms with Crippen LogP contribution < -0.4 is 10.5 Å². The van der Waals surface area contributed by atoms with Gasteiger partial charge in [-0.2, -0.15) is 0 Å². The second kappa shape index (κ2) is 5.42. The molecule has 1 saturated carbocycles. The lowest BCUT2D eigenvalue weighted by Gasteiger charge is -2.22. The van der Waals surface area contributed by atoms with E-state index in [2.05, 4.69) is 4.72 Å². The topological polar surface area (TPSA) is 72.2 Å². The van der Waals surface area contributed by atoms with Gasteiger partial charge in [0, 0.05) is 11.7 Å². The van der Waals surface area contributed by atoms with Crippen LogP contribution >= 0.6 is 0 Å². The molecule has 7 heteroatoms. The van der Waals surface area contributed by atoms with Crippen LogP contribution in [0, 0.1) is 11.6 Å². The predicted octanol–water partition coefficient (Wildman–Crippen LogP) is 2.16. The number of anilines is 1. The molecule has 0 spiro atoms. The second-order valence-electron chi connectivity index (χ2n) is 4.77. The number of benzene rings is 1. The summed E-state index contributed by atoms with van der Waals surface area (Å²) >= 11 is 0. The van der Waals surface area contributed by atoms with Crippen molar-refractivity contribution in [2.75, 3.05) is 5.73 Å². The van der Waals surface area contributed by atoms with Crippen molar-refractivity contribution >= 4 is 15.7 Å². The van der Waals surface area contributed by atoms with Crippen LogP contribution in [-0.2, 0) is 10.0 Å². The van der Waals surface area contributed by atoms with Crippen LogP contribution in [0.5, 0.6) is 0 Å². The molecule has 1 aromatic rings. The Kier molecular flexibility index (Phi) is 4.05. The van der Waals surface area contributed by atoms with E-state index in [1.54, 1.807) is 0 Å². The molecule has 106 valence electrons. The van der Waals surface area contributed by atoms with Crippen molar-refractivity contribution in [2.24, 2.45) is 0 Å². The molecule has 0 saturated heterocycles. The summed E-state index contributed by atoms with van der Waals surface area (Å²) in [6.45, 7) is 0. The van der Waals surface area contributed by atoms with Gasteiger partial charge in [0.25, 0.3) is 0 Å². The van der Waals surface area contributed by atoms with Gasteiger partial charge in [-0.1, -0.05) is 19.3 Å². The Morgan fingerprint density at radius 1 is 1.11 bits per heavy atom. The minimum Gasteiger partial charge on any atom is -0.399 e. The summed E-state index contributed by atoms with van der Waals surface area (Å²) in [6.07, 6.45) is 4.28. The lowest BCUT2D eigenvalue weighted by molar-refractivity contribution is 0.409. The number of rotatable bonds is 3. The first-order valence-corrected chi connectivity index (χ1v) is 7.65. The zero-order chi connectivity index (χ0) is 14.0. The summed E-state index contributed by atoms with van der Waals surface area (Å²) in [6, 6.07) is 1.35. The van der Waals surface area contributed by atoms with Crippen molar-refractivity contribution < 1.29 is 17.2 Å². The maximum atomic E-state index is 13.6. The molecule has 0 bridgehead atoms. The van der Waals surface area contributed by atoms with Crippen LogP contribution in [0.4, 0.5) is 14.5 Å². The molecular formula is C12H16F2N2O2S. The fraction of sp³-hybridized carbons (Fsp3) is 0.500. The maximum absolute atomic E-state index is 13.6. The highest BCUT2D eigenvalue weighted by Crippen LogP contribution is 2.24. The number of sulfonamides is 1. The van der Waals surface area contributed by atoms with E-state index in [0.29, 0.717) is 12.8 Å². The Hall–Kier alpha value is -1.21. The minimum absolute atomic E-state index is 0.147. The van der Waals surface area contributed by atoms with Crippen LogP contribution in [0.1, 0.15) is 32.1 Å². The Bertz CT molecular complexity index is 546. The molecule has 4 nitrogen and oxygen atoms in total. The van der Waals surface area contributed by atoms with Gasteiger partial charge in [-0.05, 0) is 25.0 Å². The second-order valence-corrected chi connectivity index (χ2v) is 6.42. The van der Waals surface area contributed by atoms with Crippen molar-refractivity contribution in [1.82, 2.24) is 4.72 Å². The number of hydrogen-bond donors (Lipinski definition) is 2. The van der Waals surface area contributed by atoms with Gasteiger partial charge in [0.1, 0.15) is 11.6 Å². The van der Waals surface area contributed by atoms with Crippen LogP contribution in [0.15, 0.2) is 17.0 Å². The van der Waals surface area contributed by atoms with E-state index in [9.17, 15) is 17.2 Å². The highest BCUT2D eigenvalue weighted by molar-refractivity contribution is 7.89. The van der Waals surface area contributed by atoms with Crippen LogP contribution in [-0.4, -0.2) is 14.5 Å². The number of nitrogens with one attached hydrogen (secondary N) is 1. The lowest BCUT2D eigenvalue weighted by atomic mass is 9.96. The van der Waals surface area contributed by atoms with Crippen molar-refractivity contribution in [1.29, 1.82) is 0 Å². The summed E-state index contributed by atoms with van der Waals surface area (Å²) in [5.41, 5.74) is 5.11. The third-order valence-electron chi connectivity index (χ3n) is 3.22. The Morgan fingerprint density at radius 2 is 1.63 bits per heavy atom. The first-order chi connectivity index (χ1) is 8.90. The molecule has 1 fully saturated rings. The van der Waals surface area contributed by atoms with E-state index in [4.69, 9.17) is 5.73 Å². The molecule has 1 aromatic carbocycles. The van der Waals surface area contributed by atoms with Crippen molar-refractivity contribution in [2.45, 2.75) is 43.0 Å². The van der Waals surface area contributed by atoms with Gasteiger partial charge >= 0.3 is 0 Å². The first-order valence-electron chi connectivity index (χ1n) is 6.17. The molecule has 0 radical (unpaired) electrons. The average molecular weight is 290 g/mol. The fourth-order valence-corrected chi connectivity index (χ4v) is 3.76. The van der Waals surface area contributed by atoms with Gasteiger partial charge in [0.05, 0.1) is 0 Å². The summed E-state index contributed by atoms with van der Waals surface area (Å²) in [5, 5.41) is 0. The molecule has 1 aliphatic rings. The largest absolute Gasteiger partial charge is 0.399 e. The van der Waals surface area contributed by atoms with Gasteiger partial charge in [0.15, 0.2) is 4.90 Å². The number of hydrogen-bond acceptors (Lipinski definition) is 3. The highest BCUT2D eigenvalue weighted by Gasteiger charge is 2.28. The molecule has 0 atom stereocenters. The van der Waals surface area contributed by atoms with E-state index in [1.807, 2.05) is 0 Å². The van der Waals surface area contributed by atoms with Crippen molar-refractivity contribution in [3.05, 3.63) is 23.8 Å². The first kappa shape index (κ1) is 14.2. The molecule has 19 heavy (non-hydrogen) atoms. The van der Waals surface area contributed by atoms with E-state index in [1.165, 1.54) is 0 Å². The highest BCUT2D eigenvalue weighted by atomic mass is 32.2. The van der Waals surface area contributed by atoms with E-state index >= 15 is 0 Å². The number of halogens is 2. The van der Waals surface area contributed by atoms with Crippen LogP contribution in [0.25, 0.3) is 0 Å². The van der Waals surface area contributed by atoms with Crippen molar-refractivity contribution in [3.8, 4) is 0 Å². The van der Waals surface area contributed by atoms with Crippen LogP contribution in [0.3, 0.4) is 0 Å². The molecule has 0 amide bonds. The van der Waals surface area contributed by atoms with Gasteiger partial charge in [-0.15, -0.1) is 0 Å². The van der Waals surface area contributed by atoms with E-state index < -0.39 is 26.6 Å². The molecule has 0 aromatic heterocycles. The molecule has 2 rings (SSSR count). The summed E-state index contributed by atoms with van der Waals surface area (Å²) < 4.78 is 53.7. The standard InChI is InChI=1S/C12H16F2N2O2S/c13-10-6-8(15)7-11(14)12(10)19(17,18)16-9-4-2-1-3-5-9/h6-7,9,16H,1-5,15H2. The summed E-state index contributed by atoms with van der Waals surface area (Å²) in [7, 11) is -4.19. The Labute approximate surface area is 111 Å². The van der Waals surface area contributed by atoms with E-state index in [-0.39, 0.29) is 11.7 Å². The quantitative estimate of drug-likeness (QED) is 0.838. The Balaban J connectivity index is 2.29. The molecule has 0 aliphatic heterocycles. The fourth-order valence-electron chi connectivity index (χ4n) is 2.33. The molecule has 0 heterocycles. The third-order valence-corrected chi connectivity index (χ3v) is 4.79. The Morgan fingerprint density at radius 3 is 2.16 bits per heavy atom. The number of nitrogen functional groups attached to an aromatic ring is 1.